The molecule has 1 atom stereocenters. The smallest absolute Gasteiger partial charge is 0.305 e. The van der Waals surface area contributed by atoms with Gasteiger partial charge in [0, 0.05) is 11.3 Å². The van der Waals surface area contributed by atoms with Gasteiger partial charge in [0.25, 0.3) is 5.91 Å². The van der Waals surface area contributed by atoms with E-state index in [1.54, 1.807) is 31.2 Å². The largest absolute Gasteiger partial charge is 0.481 e. The summed E-state index contributed by atoms with van der Waals surface area (Å²) in [6.45, 7) is 5.09. The Morgan fingerprint density at radius 1 is 1.20 bits per heavy atom. The highest BCUT2D eigenvalue weighted by atomic mass is 16.4. The van der Waals surface area contributed by atoms with Gasteiger partial charge in [0.2, 0.25) is 0 Å². The predicted molar refractivity (Wildman–Crippen MR) is 93.8 cm³/mol. The number of rotatable bonds is 7. The molecular formula is C19H22N2O4. The quantitative estimate of drug-likeness (QED) is 0.673. The molecular weight excluding hydrogens is 320 g/mol. The average molecular weight is 342 g/mol. The second-order valence-corrected chi connectivity index (χ2v) is 5.92. The lowest BCUT2D eigenvalue weighted by Gasteiger charge is -2.17. The number of aryl methyl sites for hydroxylation is 1. The normalized spacial score (nSPS) is 11.8. The van der Waals surface area contributed by atoms with Crippen molar-refractivity contribution < 1.29 is 19.5 Å². The molecule has 0 spiro atoms. The molecule has 3 N–H and O–H groups in total. The SMILES string of the molecule is CCc1c(C(=O)NC(CC(=O)O)c2ccccc2)[nH]c(C)c1C(C)=O. The lowest BCUT2D eigenvalue weighted by atomic mass is 10.0. The Balaban J connectivity index is 2.34. The number of H-pyrrole nitrogens is 1. The third kappa shape index (κ3) is 4.15. The number of hydrogen-bond donors (Lipinski definition) is 3. The number of benzene rings is 1. The van der Waals surface area contributed by atoms with E-state index in [2.05, 4.69) is 10.3 Å². The number of ketones is 1. The number of carbonyl (C=O) groups is 3. The minimum atomic E-state index is -1.00. The Morgan fingerprint density at radius 3 is 2.36 bits per heavy atom. The van der Waals surface area contributed by atoms with Gasteiger partial charge >= 0.3 is 5.97 Å². The standard InChI is InChI=1S/C19H22N2O4/c1-4-14-17(12(3)22)11(2)20-18(14)19(25)21-15(10-16(23)24)13-8-6-5-7-9-13/h5-9,15,20H,4,10H2,1-3H3,(H,21,25)(H,23,24). The van der Waals surface area contributed by atoms with Gasteiger partial charge < -0.3 is 15.4 Å². The summed E-state index contributed by atoms with van der Waals surface area (Å²) in [6.07, 6.45) is 0.299. The first-order valence-corrected chi connectivity index (χ1v) is 8.15. The minimum Gasteiger partial charge on any atom is -0.481 e. The highest BCUT2D eigenvalue weighted by Crippen LogP contribution is 2.22. The van der Waals surface area contributed by atoms with Crippen LogP contribution in [-0.4, -0.2) is 27.8 Å². The Kier molecular flexibility index (Phi) is 5.75. The number of Topliss-reactive ketones (excluding diaryl/α,β-unsaturated/α-hetero) is 1. The zero-order valence-corrected chi connectivity index (χ0v) is 14.6. The van der Waals surface area contributed by atoms with Crippen LogP contribution in [0.1, 0.15) is 64.0 Å². The number of aromatic amines is 1. The zero-order chi connectivity index (χ0) is 18.6. The van der Waals surface area contributed by atoms with Crippen molar-refractivity contribution in [1.29, 1.82) is 0 Å². The van der Waals surface area contributed by atoms with E-state index < -0.39 is 17.9 Å². The summed E-state index contributed by atoms with van der Waals surface area (Å²) in [5.41, 5.74) is 2.86. The van der Waals surface area contributed by atoms with Crippen LogP contribution in [-0.2, 0) is 11.2 Å². The predicted octanol–water partition coefficient (Wildman–Crippen LogP) is 3.03. The first-order chi connectivity index (χ1) is 11.8. The number of aromatic nitrogens is 1. The van der Waals surface area contributed by atoms with E-state index in [-0.39, 0.29) is 12.2 Å². The molecule has 0 saturated carbocycles. The fourth-order valence-corrected chi connectivity index (χ4v) is 3.04. The maximum Gasteiger partial charge on any atom is 0.305 e. The lowest BCUT2D eigenvalue weighted by Crippen LogP contribution is -2.31. The minimum absolute atomic E-state index is 0.102. The van der Waals surface area contributed by atoms with E-state index in [0.29, 0.717) is 34.5 Å². The molecule has 0 radical (unpaired) electrons. The molecule has 25 heavy (non-hydrogen) atoms. The summed E-state index contributed by atoms with van der Waals surface area (Å²) in [5.74, 6) is -1.52. The van der Waals surface area contributed by atoms with Gasteiger partial charge in [0.05, 0.1) is 12.5 Å². The van der Waals surface area contributed by atoms with Crippen LogP contribution in [0.25, 0.3) is 0 Å². The fraction of sp³-hybridized carbons (Fsp3) is 0.316. The summed E-state index contributed by atoms with van der Waals surface area (Å²) in [4.78, 5) is 38.7. The monoisotopic (exact) mass is 342 g/mol. The van der Waals surface area contributed by atoms with Gasteiger partial charge in [-0.3, -0.25) is 14.4 Å². The van der Waals surface area contributed by atoms with E-state index in [1.807, 2.05) is 13.0 Å². The Labute approximate surface area is 146 Å². The molecule has 132 valence electrons. The van der Waals surface area contributed by atoms with Crippen LogP contribution < -0.4 is 5.32 Å². The first kappa shape index (κ1) is 18.4. The molecule has 0 bridgehead atoms. The molecule has 2 aromatic rings. The Bertz CT molecular complexity index is 793. The molecule has 1 unspecified atom stereocenters. The molecule has 2 rings (SSSR count). The molecule has 6 heteroatoms. The summed E-state index contributed by atoms with van der Waals surface area (Å²) >= 11 is 0. The van der Waals surface area contributed by atoms with Crippen LogP contribution in [0, 0.1) is 6.92 Å². The van der Waals surface area contributed by atoms with E-state index in [4.69, 9.17) is 5.11 Å². The van der Waals surface area contributed by atoms with Crippen LogP contribution >= 0.6 is 0 Å². The van der Waals surface area contributed by atoms with Crippen LogP contribution in [0.4, 0.5) is 0 Å². The molecule has 6 nitrogen and oxygen atoms in total. The second kappa shape index (κ2) is 7.79. The summed E-state index contributed by atoms with van der Waals surface area (Å²) in [7, 11) is 0. The molecule has 1 heterocycles. The van der Waals surface area contributed by atoms with Gasteiger partial charge in [0.1, 0.15) is 5.69 Å². The molecule has 0 aliphatic rings. The maximum atomic E-state index is 12.7. The molecule has 1 aromatic heterocycles. The van der Waals surface area contributed by atoms with Crippen molar-refractivity contribution in [3.05, 3.63) is 58.4 Å². The zero-order valence-electron chi connectivity index (χ0n) is 14.6. The number of carboxylic acids is 1. The van der Waals surface area contributed by atoms with E-state index in [9.17, 15) is 14.4 Å². The summed E-state index contributed by atoms with van der Waals surface area (Å²) in [5, 5.41) is 11.9. The number of amides is 1. The van der Waals surface area contributed by atoms with Gasteiger partial charge in [-0.05, 0) is 31.4 Å². The third-order valence-corrected chi connectivity index (χ3v) is 4.11. The van der Waals surface area contributed by atoms with Gasteiger partial charge in [-0.2, -0.15) is 0 Å². The van der Waals surface area contributed by atoms with Crippen molar-refractivity contribution in [2.45, 2.75) is 39.7 Å². The highest BCUT2D eigenvalue weighted by molar-refractivity contribution is 6.02. The average Bonchev–Trinajstić information content (AvgIpc) is 2.91. The summed E-state index contributed by atoms with van der Waals surface area (Å²) in [6, 6.07) is 8.30. The third-order valence-electron chi connectivity index (χ3n) is 4.11. The van der Waals surface area contributed by atoms with Gasteiger partial charge in [-0.15, -0.1) is 0 Å². The van der Waals surface area contributed by atoms with Crippen LogP contribution in [0.15, 0.2) is 30.3 Å². The van der Waals surface area contributed by atoms with Crippen LogP contribution in [0.3, 0.4) is 0 Å². The van der Waals surface area contributed by atoms with Crippen molar-refractivity contribution in [2.24, 2.45) is 0 Å². The number of aliphatic carboxylic acids is 1. The molecule has 0 aliphatic heterocycles. The topological polar surface area (TPSA) is 99.3 Å². The Hall–Kier alpha value is -2.89. The van der Waals surface area contributed by atoms with Crippen molar-refractivity contribution in [3.63, 3.8) is 0 Å². The molecule has 0 fully saturated rings. The fourth-order valence-electron chi connectivity index (χ4n) is 3.04. The van der Waals surface area contributed by atoms with E-state index >= 15 is 0 Å². The van der Waals surface area contributed by atoms with Crippen LogP contribution in [0.2, 0.25) is 0 Å². The number of carbonyl (C=O) groups excluding carboxylic acids is 2. The van der Waals surface area contributed by atoms with E-state index in [0.717, 1.165) is 0 Å². The van der Waals surface area contributed by atoms with Crippen molar-refractivity contribution in [3.8, 4) is 0 Å². The maximum absolute atomic E-state index is 12.7. The number of nitrogens with one attached hydrogen (secondary N) is 2. The molecule has 1 amide bonds. The lowest BCUT2D eigenvalue weighted by molar-refractivity contribution is -0.137. The first-order valence-electron chi connectivity index (χ1n) is 8.15. The van der Waals surface area contributed by atoms with Gasteiger partial charge in [-0.1, -0.05) is 37.3 Å². The molecule has 0 saturated heterocycles. The van der Waals surface area contributed by atoms with Crippen molar-refractivity contribution >= 4 is 17.7 Å². The van der Waals surface area contributed by atoms with Gasteiger partial charge in [-0.25, -0.2) is 0 Å². The molecule has 0 aliphatic carbocycles. The van der Waals surface area contributed by atoms with Gasteiger partial charge in [0.15, 0.2) is 5.78 Å². The van der Waals surface area contributed by atoms with Crippen molar-refractivity contribution in [1.82, 2.24) is 10.3 Å². The van der Waals surface area contributed by atoms with Crippen molar-refractivity contribution in [2.75, 3.05) is 0 Å². The summed E-state index contributed by atoms with van der Waals surface area (Å²) < 4.78 is 0. The molecule has 1 aromatic carbocycles. The van der Waals surface area contributed by atoms with E-state index in [1.165, 1.54) is 6.92 Å². The number of hydrogen-bond acceptors (Lipinski definition) is 3. The van der Waals surface area contributed by atoms with Crippen LogP contribution in [0.5, 0.6) is 0 Å². The highest BCUT2D eigenvalue weighted by Gasteiger charge is 2.24. The second-order valence-electron chi connectivity index (χ2n) is 5.92. The number of carboxylic acid groups (broad SMARTS) is 1. The Morgan fingerprint density at radius 2 is 1.84 bits per heavy atom.